The second-order valence-electron chi connectivity index (χ2n) is 4.75. The molecule has 0 atom stereocenters. The Hall–Kier alpha value is -2.31. The molecule has 0 heterocycles. The first-order chi connectivity index (χ1) is 11.4. The van der Waals surface area contributed by atoms with Crippen LogP contribution in [0.2, 0.25) is 10.0 Å². The largest absolute Gasteiger partial charge is 0.462 e. The lowest BCUT2D eigenvalue weighted by atomic mass is 10.1. The molecule has 0 aliphatic carbocycles. The molecule has 0 fully saturated rings. The fraction of sp³-hybridized carbons (Fsp3) is 0.188. The average Bonchev–Trinajstić information content (AvgIpc) is 2.55. The van der Waals surface area contributed by atoms with E-state index >= 15 is 0 Å². The minimum atomic E-state index is -0.781. The fourth-order valence-corrected chi connectivity index (χ4v) is 2.31. The zero-order valence-electron chi connectivity index (χ0n) is 12.6. The molecule has 0 bridgehead atoms. The van der Waals surface area contributed by atoms with E-state index in [0.29, 0.717) is 17.2 Å². The van der Waals surface area contributed by atoms with Crippen LogP contribution in [-0.2, 0) is 4.74 Å². The van der Waals surface area contributed by atoms with E-state index < -0.39 is 10.9 Å². The van der Waals surface area contributed by atoms with Crippen LogP contribution in [0.3, 0.4) is 0 Å². The van der Waals surface area contributed by atoms with Crippen molar-refractivity contribution >= 4 is 34.9 Å². The number of carbonyl (C=O) groups excluding carboxylic acids is 1. The number of halogens is 2. The lowest BCUT2D eigenvalue weighted by molar-refractivity contribution is -0.385. The van der Waals surface area contributed by atoms with Crippen molar-refractivity contribution in [3.8, 4) is 11.5 Å². The topological polar surface area (TPSA) is 78.7 Å². The predicted octanol–water partition coefficient (Wildman–Crippen LogP) is 5.26. The summed E-state index contributed by atoms with van der Waals surface area (Å²) in [5.74, 6) is -0.257. The molecule has 2 aromatic rings. The van der Waals surface area contributed by atoms with Crippen LogP contribution in [0, 0.1) is 10.1 Å². The van der Waals surface area contributed by atoms with Crippen molar-refractivity contribution in [1.29, 1.82) is 0 Å². The van der Waals surface area contributed by atoms with E-state index in [2.05, 4.69) is 0 Å². The summed E-state index contributed by atoms with van der Waals surface area (Å²) in [7, 11) is 0. The molecule has 0 N–H and O–H groups in total. The first-order valence-corrected chi connectivity index (χ1v) is 7.76. The van der Waals surface area contributed by atoms with Crippen LogP contribution in [-0.4, -0.2) is 17.5 Å². The fourth-order valence-electron chi connectivity index (χ4n) is 1.86. The van der Waals surface area contributed by atoms with E-state index in [1.54, 1.807) is 12.1 Å². The zero-order valence-corrected chi connectivity index (χ0v) is 14.1. The third kappa shape index (κ3) is 4.37. The Morgan fingerprint density at radius 2 is 1.96 bits per heavy atom. The summed E-state index contributed by atoms with van der Waals surface area (Å²) >= 11 is 11.8. The number of nitro benzene ring substituents is 1. The van der Waals surface area contributed by atoms with E-state index in [4.69, 9.17) is 32.7 Å². The van der Waals surface area contributed by atoms with Crippen LogP contribution < -0.4 is 4.74 Å². The average molecular weight is 370 g/mol. The van der Waals surface area contributed by atoms with E-state index in [-0.39, 0.29) is 28.6 Å². The highest BCUT2D eigenvalue weighted by Crippen LogP contribution is 2.33. The highest BCUT2D eigenvalue weighted by molar-refractivity contribution is 6.35. The number of nitrogens with zero attached hydrogens (tertiary/aromatic N) is 1. The second-order valence-corrected chi connectivity index (χ2v) is 5.59. The summed E-state index contributed by atoms with van der Waals surface area (Å²) in [6, 6.07) is 8.45. The van der Waals surface area contributed by atoms with Gasteiger partial charge in [0.2, 0.25) is 0 Å². The van der Waals surface area contributed by atoms with Gasteiger partial charge in [0.15, 0.2) is 0 Å². The van der Waals surface area contributed by atoms with Crippen LogP contribution in [0.1, 0.15) is 23.7 Å². The Balaban J connectivity index is 2.34. The second kappa shape index (κ2) is 7.99. The molecule has 2 aromatic carbocycles. The van der Waals surface area contributed by atoms with Crippen LogP contribution in [0.5, 0.6) is 11.5 Å². The first kappa shape index (κ1) is 18.0. The summed E-state index contributed by atoms with van der Waals surface area (Å²) in [6.07, 6.45) is 0.607. The molecule has 0 saturated carbocycles. The number of ether oxygens (including phenoxy) is 2. The minimum absolute atomic E-state index is 0.171. The minimum Gasteiger partial charge on any atom is -0.462 e. The Labute approximate surface area is 148 Å². The molecule has 0 saturated heterocycles. The first-order valence-electron chi connectivity index (χ1n) is 7.01. The Morgan fingerprint density at radius 3 is 2.58 bits per heavy atom. The van der Waals surface area contributed by atoms with Crippen molar-refractivity contribution in [2.24, 2.45) is 0 Å². The number of hydrogen-bond donors (Lipinski definition) is 0. The van der Waals surface area contributed by atoms with Crippen LogP contribution in [0.4, 0.5) is 5.69 Å². The third-order valence-electron chi connectivity index (χ3n) is 2.94. The van der Waals surface area contributed by atoms with Gasteiger partial charge in [-0.05, 0) is 30.7 Å². The molecule has 0 radical (unpaired) electrons. The monoisotopic (exact) mass is 369 g/mol. The maximum Gasteiger partial charge on any atom is 0.345 e. The maximum atomic E-state index is 12.0. The maximum absolute atomic E-state index is 12.0. The highest BCUT2D eigenvalue weighted by Gasteiger charge is 2.22. The van der Waals surface area contributed by atoms with Gasteiger partial charge in [0.25, 0.3) is 5.69 Å². The van der Waals surface area contributed by atoms with E-state index in [1.165, 1.54) is 24.3 Å². The lowest BCUT2D eigenvalue weighted by Gasteiger charge is -2.10. The van der Waals surface area contributed by atoms with Gasteiger partial charge in [0.05, 0.1) is 16.6 Å². The Morgan fingerprint density at radius 1 is 1.21 bits per heavy atom. The number of carbonyl (C=O) groups is 1. The third-order valence-corrected chi connectivity index (χ3v) is 3.47. The normalized spacial score (nSPS) is 10.3. The summed E-state index contributed by atoms with van der Waals surface area (Å²) in [5, 5.41) is 11.8. The molecule has 0 aliphatic rings. The number of nitro groups is 1. The molecule has 0 spiro atoms. The molecule has 8 heteroatoms. The summed E-state index contributed by atoms with van der Waals surface area (Å²) in [5.41, 5.74) is -0.540. The molecule has 6 nitrogen and oxygen atoms in total. The highest BCUT2D eigenvalue weighted by atomic mass is 35.5. The van der Waals surface area contributed by atoms with Gasteiger partial charge in [-0.2, -0.15) is 0 Å². The van der Waals surface area contributed by atoms with Gasteiger partial charge < -0.3 is 9.47 Å². The van der Waals surface area contributed by atoms with Gasteiger partial charge in [-0.25, -0.2) is 4.79 Å². The van der Waals surface area contributed by atoms with Crippen molar-refractivity contribution in [3.05, 3.63) is 62.1 Å². The molecular formula is C16H13Cl2NO5. The van der Waals surface area contributed by atoms with Crippen molar-refractivity contribution in [2.75, 3.05) is 6.61 Å². The van der Waals surface area contributed by atoms with E-state index in [0.717, 1.165) is 0 Å². The van der Waals surface area contributed by atoms with Crippen LogP contribution >= 0.6 is 23.2 Å². The van der Waals surface area contributed by atoms with E-state index in [9.17, 15) is 14.9 Å². The Bertz CT molecular complexity index is 779. The molecule has 0 aliphatic heterocycles. The summed E-state index contributed by atoms with van der Waals surface area (Å²) in [4.78, 5) is 22.5. The predicted molar refractivity (Wildman–Crippen MR) is 90.2 cm³/mol. The van der Waals surface area contributed by atoms with Crippen molar-refractivity contribution in [2.45, 2.75) is 13.3 Å². The zero-order chi connectivity index (χ0) is 17.7. The van der Waals surface area contributed by atoms with E-state index in [1.807, 2.05) is 6.92 Å². The standard InChI is InChI=1S/C16H13Cl2NO5/c1-2-7-23-16(20)12-9-11(4-5-14(12)19(21)22)24-15-6-3-10(17)8-13(15)18/h3-6,8-9H,2,7H2,1H3. The van der Waals surface area contributed by atoms with Gasteiger partial charge in [-0.3, -0.25) is 10.1 Å². The molecule has 0 unspecified atom stereocenters. The van der Waals surface area contributed by atoms with Crippen LogP contribution in [0.25, 0.3) is 0 Å². The smallest absolute Gasteiger partial charge is 0.345 e. The SMILES string of the molecule is CCCOC(=O)c1cc(Oc2ccc(Cl)cc2Cl)ccc1[N+](=O)[O-]. The van der Waals surface area contributed by atoms with Gasteiger partial charge in [0.1, 0.15) is 17.1 Å². The number of hydrogen-bond acceptors (Lipinski definition) is 5. The van der Waals surface area contributed by atoms with Crippen molar-refractivity contribution in [1.82, 2.24) is 0 Å². The quantitative estimate of drug-likeness (QED) is 0.394. The molecule has 24 heavy (non-hydrogen) atoms. The van der Waals surface area contributed by atoms with Crippen molar-refractivity contribution < 1.29 is 19.2 Å². The number of esters is 1. The lowest BCUT2D eigenvalue weighted by Crippen LogP contribution is -2.09. The molecule has 0 amide bonds. The Kier molecular flexibility index (Phi) is 6.00. The number of benzene rings is 2. The summed E-state index contributed by atoms with van der Waals surface area (Å²) < 4.78 is 10.5. The van der Waals surface area contributed by atoms with Gasteiger partial charge in [-0.1, -0.05) is 30.1 Å². The van der Waals surface area contributed by atoms with Gasteiger partial charge >= 0.3 is 5.97 Å². The van der Waals surface area contributed by atoms with Gasteiger partial charge in [0, 0.05) is 17.2 Å². The molecule has 2 rings (SSSR count). The molecular weight excluding hydrogens is 357 g/mol. The molecule has 126 valence electrons. The van der Waals surface area contributed by atoms with Crippen LogP contribution in [0.15, 0.2) is 36.4 Å². The summed E-state index contributed by atoms with van der Waals surface area (Å²) in [6.45, 7) is 1.99. The van der Waals surface area contributed by atoms with Crippen molar-refractivity contribution in [3.63, 3.8) is 0 Å². The molecule has 0 aromatic heterocycles. The number of rotatable bonds is 6. The van der Waals surface area contributed by atoms with Gasteiger partial charge in [-0.15, -0.1) is 0 Å².